The fourth-order valence-corrected chi connectivity index (χ4v) is 2.13. The molecule has 0 bridgehead atoms. The van der Waals surface area contributed by atoms with Gasteiger partial charge in [0.25, 0.3) is 0 Å². The summed E-state index contributed by atoms with van der Waals surface area (Å²) in [5.74, 6) is -0.135. The van der Waals surface area contributed by atoms with E-state index in [1.807, 2.05) is 34.6 Å². The lowest BCUT2D eigenvalue weighted by atomic mass is 9.81. The number of carbonyl (C=O) groups excluding carboxylic acids is 2. The Hall–Kier alpha value is -1.10. The van der Waals surface area contributed by atoms with Gasteiger partial charge in [-0.1, -0.05) is 13.8 Å². The summed E-state index contributed by atoms with van der Waals surface area (Å²) < 4.78 is 0. The summed E-state index contributed by atoms with van der Waals surface area (Å²) in [4.78, 5) is 26.0. The number of nitrogens with one attached hydrogen (secondary N) is 1. The van der Waals surface area contributed by atoms with Crippen LogP contribution in [0.15, 0.2) is 0 Å². The number of likely N-dealkylation sites (N-methyl/N-ethyl adjacent to an activating group) is 1. The third kappa shape index (κ3) is 4.82. The smallest absolute Gasteiger partial charge is 0.239 e. The average molecular weight is 271 g/mol. The van der Waals surface area contributed by atoms with Crippen molar-refractivity contribution >= 4 is 11.8 Å². The van der Waals surface area contributed by atoms with Gasteiger partial charge in [-0.3, -0.25) is 9.59 Å². The van der Waals surface area contributed by atoms with Crippen molar-refractivity contribution in [3.05, 3.63) is 0 Å². The Labute approximate surface area is 116 Å². The molecule has 3 N–H and O–H groups in total. The molecule has 0 aromatic carbocycles. The van der Waals surface area contributed by atoms with Crippen molar-refractivity contribution in [3.8, 4) is 0 Å². The maximum atomic E-state index is 12.6. The van der Waals surface area contributed by atoms with Crippen LogP contribution in [0.25, 0.3) is 0 Å². The number of nitrogens with zero attached hydrogens (tertiary/aromatic N) is 1. The first-order valence-corrected chi connectivity index (χ1v) is 7.15. The van der Waals surface area contributed by atoms with Crippen molar-refractivity contribution in [1.29, 1.82) is 0 Å². The molecule has 0 aliphatic heterocycles. The number of nitrogens with two attached hydrogens (primary N) is 1. The number of hydrogen-bond acceptors (Lipinski definition) is 3. The highest BCUT2D eigenvalue weighted by Gasteiger charge is 2.36. The van der Waals surface area contributed by atoms with E-state index >= 15 is 0 Å². The van der Waals surface area contributed by atoms with Gasteiger partial charge in [0, 0.05) is 19.1 Å². The highest BCUT2D eigenvalue weighted by molar-refractivity contribution is 5.88. The van der Waals surface area contributed by atoms with Gasteiger partial charge in [-0.2, -0.15) is 0 Å². The van der Waals surface area contributed by atoms with E-state index < -0.39 is 5.41 Å². The molecule has 0 aromatic rings. The Balaban J connectivity index is 4.85. The zero-order valence-corrected chi connectivity index (χ0v) is 13.0. The topological polar surface area (TPSA) is 75.4 Å². The van der Waals surface area contributed by atoms with Gasteiger partial charge >= 0.3 is 0 Å². The van der Waals surface area contributed by atoms with Crippen LogP contribution in [0.2, 0.25) is 0 Å². The Bertz CT molecular complexity index is 291. The Kier molecular flexibility index (Phi) is 7.68. The average Bonchev–Trinajstić information content (AvgIpc) is 2.37. The fourth-order valence-electron chi connectivity index (χ4n) is 2.13. The molecule has 0 rings (SSSR count). The zero-order valence-electron chi connectivity index (χ0n) is 13.0. The van der Waals surface area contributed by atoms with Gasteiger partial charge in [0.15, 0.2) is 0 Å². The minimum Gasteiger partial charge on any atom is -0.352 e. The number of carbonyl (C=O) groups is 2. The van der Waals surface area contributed by atoms with Gasteiger partial charge in [0.05, 0.1) is 12.0 Å². The van der Waals surface area contributed by atoms with Gasteiger partial charge in [-0.05, 0) is 33.6 Å². The van der Waals surface area contributed by atoms with Crippen LogP contribution in [0.3, 0.4) is 0 Å². The minimum absolute atomic E-state index is 0.0126. The van der Waals surface area contributed by atoms with Crippen molar-refractivity contribution in [2.45, 2.75) is 53.5 Å². The van der Waals surface area contributed by atoms with Crippen molar-refractivity contribution in [3.63, 3.8) is 0 Å². The summed E-state index contributed by atoms with van der Waals surface area (Å²) in [7, 11) is 0. The zero-order chi connectivity index (χ0) is 15.1. The molecule has 0 heterocycles. The Morgan fingerprint density at radius 2 is 1.74 bits per heavy atom. The van der Waals surface area contributed by atoms with Crippen LogP contribution in [-0.2, 0) is 9.59 Å². The Morgan fingerprint density at radius 1 is 1.21 bits per heavy atom. The maximum Gasteiger partial charge on any atom is 0.239 e. The first-order chi connectivity index (χ1) is 8.86. The third-order valence-electron chi connectivity index (χ3n) is 3.65. The number of hydrogen-bond donors (Lipinski definition) is 2. The highest BCUT2D eigenvalue weighted by atomic mass is 16.2. The number of amides is 2. The van der Waals surface area contributed by atoms with E-state index in [1.54, 1.807) is 4.90 Å². The van der Waals surface area contributed by atoms with Crippen LogP contribution in [0.1, 0.15) is 47.5 Å². The molecule has 5 nitrogen and oxygen atoms in total. The van der Waals surface area contributed by atoms with Crippen LogP contribution >= 0.6 is 0 Å². The van der Waals surface area contributed by atoms with Gasteiger partial charge in [-0.15, -0.1) is 0 Å². The molecule has 5 heteroatoms. The van der Waals surface area contributed by atoms with Gasteiger partial charge in [0.2, 0.25) is 11.8 Å². The van der Waals surface area contributed by atoms with Crippen molar-refractivity contribution in [1.82, 2.24) is 10.2 Å². The van der Waals surface area contributed by atoms with Crippen LogP contribution in [0.4, 0.5) is 0 Å². The predicted octanol–water partition coefficient (Wildman–Crippen LogP) is 1.12. The van der Waals surface area contributed by atoms with E-state index in [4.69, 9.17) is 5.73 Å². The van der Waals surface area contributed by atoms with Gasteiger partial charge < -0.3 is 16.0 Å². The molecule has 0 spiro atoms. The largest absolute Gasteiger partial charge is 0.352 e. The molecule has 0 aliphatic carbocycles. The maximum absolute atomic E-state index is 12.6. The predicted molar refractivity (Wildman–Crippen MR) is 77.6 cm³/mol. The first kappa shape index (κ1) is 17.9. The molecular weight excluding hydrogens is 242 g/mol. The normalized spacial score (nSPS) is 11.5. The van der Waals surface area contributed by atoms with Crippen molar-refractivity contribution in [2.24, 2.45) is 11.1 Å². The van der Waals surface area contributed by atoms with Crippen LogP contribution in [0, 0.1) is 5.41 Å². The van der Waals surface area contributed by atoms with E-state index in [0.29, 0.717) is 25.9 Å². The summed E-state index contributed by atoms with van der Waals surface area (Å²) >= 11 is 0. The molecule has 0 atom stereocenters. The third-order valence-corrected chi connectivity index (χ3v) is 3.65. The fraction of sp³-hybridized carbons (Fsp3) is 0.857. The monoisotopic (exact) mass is 271 g/mol. The number of rotatable bonds is 8. The summed E-state index contributed by atoms with van der Waals surface area (Å²) in [6, 6.07) is 0.0814. The Morgan fingerprint density at radius 3 is 2.05 bits per heavy atom. The van der Waals surface area contributed by atoms with E-state index in [2.05, 4.69) is 5.32 Å². The van der Waals surface area contributed by atoms with E-state index in [9.17, 15) is 9.59 Å². The summed E-state index contributed by atoms with van der Waals surface area (Å²) in [6.45, 7) is 10.6. The summed E-state index contributed by atoms with van der Waals surface area (Å²) in [5, 5.41) is 2.80. The molecule has 0 fully saturated rings. The summed E-state index contributed by atoms with van der Waals surface area (Å²) in [5.41, 5.74) is 5.25. The molecular formula is C14H29N3O2. The molecule has 0 unspecified atom stereocenters. The second kappa shape index (κ2) is 8.15. The SMILES string of the molecule is CCN(CC(=O)NC(C)C)C(=O)C(CC)(CC)CN. The lowest BCUT2D eigenvalue weighted by Crippen LogP contribution is -2.51. The first-order valence-electron chi connectivity index (χ1n) is 7.15. The molecule has 112 valence electrons. The lowest BCUT2D eigenvalue weighted by Gasteiger charge is -2.34. The second-order valence-corrected chi connectivity index (χ2v) is 5.23. The van der Waals surface area contributed by atoms with Crippen LogP contribution < -0.4 is 11.1 Å². The molecule has 0 saturated carbocycles. The molecule has 0 aromatic heterocycles. The van der Waals surface area contributed by atoms with Crippen molar-refractivity contribution in [2.75, 3.05) is 19.6 Å². The summed E-state index contributed by atoms with van der Waals surface area (Å²) in [6.07, 6.45) is 1.39. The van der Waals surface area contributed by atoms with Gasteiger partial charge in [0.1, 0.15) is 0 Å². The van der Waals surface area contributed by atoms with Crippen molar-refractivity contribution < 1.29 is 9.59 Å². The quantitative estimate of drug-likeness (QED) is 0.695. The van der Waals surface area contributed by atoms with Gasteiger partial charge in [-0.25, -0.2) is 0 Å². The molecule has 19 heavy (non-hydrogen) atoms. The molecule has 0 saturated heterocycles. The van der Waals surface area contributed by atoms with E-state index in [0.717, 1.165) is 0 Å². The second-order valence-electron chi connectivity index (χ2n) is 5.23. The highest BCUT2D eigenvalue weighted by Crippen LogP contribution is 2.27. The molecule has 0 radical (unpaired) electrons. The molecule has 0 aliphatic rings. The molecule has 2 amide bonds. The minimum atomic E-state index is -0.534. The standard InChI is InChI=1S/C14H29N3O2/c1-6-14(7-2,10-15)13(19)17(8-3)9-12(18)16-11(4)5/h11H,6-10,15H2,1-5H3,(H,16,18). The van der Waals surface area contributed by atoms with E-state index in [-0.39, 0.29) is 24.4 Å². The van der Waals surface area contributed by atoms with Crippen LogP contribution in [-0.4, -0.2) is 42.4 Å². The van der Waals surface area contributed by atoms with E-state index in [1.165, 1.54) is 0 Å². The van der Waals surface area contributed by atoms with Crippen LogP contribution in [0.5, 0.6) is 0 Å². The lowest BCUT2D eigenvalue weighted by molar-refractivity contribution is -0.145.